The van der Waals surface area contributed by atoms with Gasteiger partial charge in [-0.15, -0.1) is 0 Å². The van der Waals surface area contributed by atoms with E-state index in [1.54, 1.807) is 12.1 Å². The third-order valence-electron chi connectivity index (χ3n) is 6.73. The lowest BCUT2D eigenvalue weighted by molar-refractivity contribution is -0.145. The van der Waals surface area contributed by atoms with Gasteiger partial charge in [-0.1, -0.05) is 6.07 Å². The fourth-order valence-electron chi connectivity index (χ4n) is 4.64. The molecule has 204 valence electrons. The van der Waals surface area contributed by atoms with Crippen LogP contribution in [0.25, 0.3) is 0 Å². The summed E-state index contributed by atoms with van der Waals surface area (Å²) in [5.74, 6) is -1.38. The Morgan fingerprint density at radius 2 is 2.05 bits per heavy atom. The monoisotopic (exact) mass is 545 g/mol. The molecule has 1 aliphatic carbocycles. The Kier molecular flexibility index (Phi) is 5.37. The summed E-state index contributed by atoms with van der Waals surface area (Å²) in [5, 5.41) is 12.9. The highest BCUT2D eigenvalue weighted by Gasteiger charge is 2.41. The van der Waals surface area contributed by atoms with Gasteiger partial charge in [0.25, 0.3) is 5.91 Å². The summed E-state index contributed by atoms with van der Waals surface area (Å²) in [5.41, 5.74) is 1.76. The number of anilines is 3. The first-order chi connectivity index (χ1) is 19.9. The molecule has 2 aliphatic heterocycles. The van der Waals surface area contributed by atoms with Gasteiger partial charge in [-0.3, -0.25) is 4.79 Å². The van der Waals surface area contributed by atoms with E-state index in [9.17, 15) is 23.1 Å². The van der Waals surface area contributed by atoms with Crippen LogP contribution in [-0.4, -0.2) is 62.1 Å². The number of nitrogens with zero attached hydrogens (tertiary/aromatic N) is 7. The van der Waals surface area contributed by atoms with Gasteiger partial charge in [0, 0.05) is 42.4 Å². The summed E-state index contributed by atoms with van der Waals surface area (Å²) in [7, 11) is 0. The average molecular weight is 546 g/mol. The van der Waals surface area contributed by atoms with Crippen molar-refractivity contribution < 1.29 is 31.9 Å². The van der Waals surface area contributed by atoms with Gasteiger partial charge in [0.2, 0.25) is 17.7 Å². The van der Waals surface area contributed by atoms with Crippen molar-refractivity contribution in [1.29, 1.82) is 0 Å². The van der Waals surface area contributed by atoms with Crippen LogP contribution >= 0.6 is 0 Å². The number of hydrogen-bond donors (Lipinski definition) is 2. The number of amides is 1. The van der Waals surface area contributed by atoms with Crippen LogP contribution in [0.15, 0.2) is 24.5 Å². The zero-order valence-corrected chi connectivity index (χ0v) is 20.4. The van der Waals surface area contributed by atoms with Gasteiger partial charge in [0.15, 0.2) is 11.6 Å². The van der Waals surface area contributed by atoms with Crippen molar-refractivity contribution in [3.8, 4) is 11.6 Å². The van der Waals surface area contributed by atoms with Crippen LogP contribution < -0.4 is 19.9 Å². The Balaban J connectivity index is 1.20. The first-order valence-corrected chi connectivity index (χ1v) is 12.4. The summed E-state index contributed by atoms with van der Waals surface area (Å²) in [6.07, 6.45) is 0.437. The fourth-order valence-corrected chi connectivity index (χ4v) is 4.64. The molecule has 1 fully saturated rings. The number of nitrogens with one attached hydrogen (secondary N) is 1. The Morgan fingerprint density at radius 3 is 2.74 bits per heavy atom. The summed E-state index contributed by atoms with van der Waals surface area (Å²) < 4.78 is 68.9. The Morgan fingerprint density at radius 1 is 1.21 bits per heavy atom. The number of rotatable bonds is 7. The molecule has 0 bridgehead atoms. The van der Waals surface area contributed by atoms with E-state index in [1.165, 1.54) is 11.1 Å². The van der Waals surface area contributed by atoms with E-state index in [2.05, 4.69) is 30.2 Å². The van der Waals surface area contributed by atoms with Gasteiger partial charge < -0.3 is 25.0 Å². The molecule has 1 saturated carbocycles. The van der Waals surface area contributed by atoms with E-state index >= 15 is 0 Å². The second-order valence-electron chi connectivity index (χ2n) is 9.50. The lowest BCUT2D eigenvalue weighted by Crippen LogP contribution is -2.55. The predicted molar refractivity (Wildman–Crippen MR) is 133 cm³/mol. The summed E-state index contributed by atoms with van der Waals surface area (Å²) in [4.78, 5) is 35.6. The SMILES string of the molecule is [2H]C([2H])([2H])N1c2nc(NCc3ccc(Oc4cnc(C(F)(F)F)nc4C4CC4)nc3)nc3c2N(CCC3)C(=O)[C@@H]1CO. The van der Waals surface area contributed by atoms with Crippen LogP contribution in [0.4, 0.5) is 30.6 Å². The van der Waals surface area contributed by atoms with Crippen LogP contribution in [0.3, 0.4) is 0 Å². The molecule has 3 aromatic rings. The van der Waals surface area contributed by atoms with Crippen molar-refractivity contribution in [2.75, 3.05) is 35.2 Å². The second kappa shape index (κ2) is 9.59. The van der Waals surface area contributed by atoms with Crippen LogP contribution in [0.2, 0.25) is 0 Å². The average Bonchev–Trinajstić information content (AvgIpc) is 3.79. The van der Waals surface area contributed by atoms with E-state index < -0.39 is 37.5 Å². The van der Waals surface area contributed by atoms with Gasteiger partial charge in [0.05, 0.1) is 24.2 Å². The number of likely N-dealkylation sites (N-methyl/N-ethyl adjacent to an activating group) is 1. The number of aromatic nitrogens is 5. The first kappa shape index (κ1) is 21.8. The van der Waals surface area contributed by atoms with Crippen LogP contribution in [-0.2, 0) is 23.9 Å². The zero-order chi connectivity index (χ0) is 29.8. The molecule has 0 saturated heterocycles. The molecule has 11 nitrogen and oxygen atoms in total. The topological polar surface area (TPSA) is 129 Å². The van der Waals surface area contributed by atoms with Crippen molar-refractivity contribution in [3.05, 3.63) is 47.3 Å². The lowest BCUT2D eigenvalue weighted by atomic mass is 10.0. The molecule has 6 rings (SSSR count). The molecule has 0 unspecified atom stereocenters. The van der Waals surface area contributed by atoms with Gasteiger partial charge >= 0.3 is 6.18 Å². The quantitative estimate of drug-likeness (QED) is 0.457. The third-order valence-corrected chi connectivity index (χ3v) is 6.73. The van der Waals surface area contributed by atoms with Gasteiger partial charge in [-0.05, 0) is 31.2 Å². The molecular weight excluding hydrogens is 517 g/mol. The minimum absolute atomic E-state index is 0.0490. The number of ether oxygens (including phenoxy) is 1. The van der Waals surface area contributed by atoms with Gasteiger partial charge in [-0.25, -0.2) is 19.9 Å². The molecule has 0 aromatic carbocycles. The molecule has 3 aliphatic rings. The van der Waals surface area contributed by atoms with E-state index in [-0.39, 0.29) is 41.6 Å². The molecule has 2 N–H and O–H groups in total. The fraction of sp³-hybridized carbons (Fsp3) is 0.440. The maximum Gasteiger partial charge on any atom is 0.451 e. The predicted octanol–water partition coefficient (Wildman–Crippen LogP) is 3.05. The minimum Gasteiger partial charge on any atom is -0.435 e. The van der Waals surface area contributed by atoms with Crippen molar-refractivity contribution in [2.24, 2.45) is 0 Å². The number of aliphatic hydroxyl groups excluding tert-OH is 1. The Hall–Kier alpha value is -4.07. The van der Waals surface area contributed by atoms with Crippen LogP contribution in [0, 0.1) is 0 Å². The highest BCUT2D eigenvalue weighted by atomic mass is 19.4. The number of aliphatic hydroxyl groups is 1. The van der Waals surface area contributed by atoms with Crippen molar-refractivity contribution in [2.45, 2.75) is 50.4 Å². The van der Waals surface area contributed by atoms with E-state index in [0.717, 1.165) is 11.1 Å². The largest absolute Gasteiger partial charge is 0.451 e. The van der Waals surface area contributed by atoms with Crippen LogP contribution in [0.1, 0.15) is 52.1 Å². The maximum absolute atomic E-state index is 13.1. The molecule has 39 heavy (non-hydrogen) atoms. The van der Waals surface area contributed by atoms with Crippen molar-refractivity contribution >= 4 is 23.4 Å². The number of pyridine rings is 1. The first-order valence-electron chi connectivity index (χ1n) is 13.9. The highest BCUT2D eigenvalue weighted by Crippen LogP contribution is 2.45. The molecular formula is C25H25F3N8O3. The van der Waals surface area contributed by atoms with Crippen molar-refractivity contribution in [1.82, 2.24) is 24.9 Å². The zero-order valence-electron chi connectivity index (χ0n) is 23.4. The number of carbonyl (C=O) groups excluding carboxylic acids is 1. The second-order valence-corrected chi connectivity index (χ2v) is 9.50. The standard InChI is InChI=1S/C25H25F3N8O3/c1-35-16(12-37)22(38)36-8-2-3-15-20(36)21(35)34-24(32-15)31-10-13-4-7-18(29-9-13)39-17-11-30-23(25(26,27)28)33-19(17)14-5-6-14/h4,7,9,11,14,16,37H,2-3,5-6,8,10,12H2,1H3,(H,31,32,34)/t16-/m0/s1/i1D3. The highest BCUT2D eigenvalue weighted by molar-refractivity contribution is 6.05. The van der Waals surface area contributed by atoms with E-state index in [0.29, 0.717) is 49.2 Å². The molecule has 1 atom stereocenters. The van der Waals surface area contributed by atoms with E-state index in [4.69, 9.17) is 8.85 Å². The Labute approximate surface area is 225 Å². The van der Waals surface area contributed by atoms with E-state index in [1.807, 2.05) is 0 Å². The third kappa shape index (κ3) is 4.80. The van der Waals surface area contributed by atoms with Crippen molar-refractivity contribution in [3.63, 3.8) is 0 Å². The number of aryl methyl sites for hydroxylation is 1. The van der Waals surface area contributed by atoms with Gasteiger partial charge in [-0.2, -0.15) is 18.2 Å². The van der Waals surface area contributed by atoms with Crippen LogP contribution in [0.5, 0.6) is 11.6 Å². The maximum atomic E-state index is 13.1. The Bertz CT molecular complexity index is 1520. The number of alkyl halides is 3. The normalized spacial score (nSPS) is 20.2. The summed E-state index contributed by atoms with van der Waals surface area (Å²) in [6, 6.07) is 1.94. The molecule has 0 spiro atoms. The molecule has 14 heteroatoms. The number of halogens is 3. The lowest BCUT2D eigenvalue weighted by Gasteiger charge is -2.42. The minimum atomic E-state index is -4.66. The molecule has 3 aromatic heterocycles. The number of hydrogen-bond acceptors (Lipinski definition) is 10. The molecule has 1 amide bonds. The molecule has 0 radical (unpaired) electrons. The smallest absolute Gasteiger partial charge is 0.435 e. The summed E-state index contributed by atoms with van der Waals surface area (Å²) in [6.45, 7) is -2.84. The number of carbonyl (C=O) groups is 1. The van der Waals surface area contributed by atoms with Gasteiger partial charge in [0.1, 0.15) is 11.7 Å². The molecule has 5 heterocycles. The summed E-state index contributed by atoms with van der Waals surface area (Å²) >= 11 is 0.